The van der Waals surface area contributed by atoms with Gasteiger partial charge in [0.25, 0.3) is 0 Å². The van der Waals surface area contributed by atoms with E-state index in [1.165, 1.54) is 11.1 Å². The SMILES string of the molecule is C.CC(C)c1ccc(-c2n[nH]c(-c3cnccc3C(F)(F)F)n2)cc1.CC(C)c1ccc(C=O)cc1.N/N=C(\N)c1cnccc1C(F)(F)F.[3H][3H].[3H][3H].[3H][3H].[3H][3H]. The summed E-state index contributed by atoms with van der Waals surface area (Å²) in [6.45, 7) is 8.44. The van der Waals surface area contributed by atoms with Crippen molar-refractivity contribution < 1.29 is 43.0 Å². The smallest absolute Gasteiger partial charge is 0.382 e. The lowest BCUT2D eigenvalue weighted by atomic mass is 10.0. The minimum Gasteiger partial charge on any atom is -0.382 e. The largest absolute Gasteiger partial charge is 0.417 e. The normalized spacial score (nSPS) is 12.2. The van der Waals surface area contributed by atoms with Gasteiger partial charge in [-0.25, -0.2) is 4.98 Å². The molecule has 0 bridgehead atoms. The molecule has 9 nitrogen and oxygen atoms in total. The van der Waals surface area contributed by atoms with Crippen LogP contribution in [-0.4, -0.2) is 37.3 Å². The first-order valence-corrected chi connectivity index (χ1v) is 14.7. The van der Waals surface area contributed by atoms with Crippen LogP contribution in [0.25, 0.3) is 22.8 Å². The zero-order chi connectivity index (χ0) is 44.4. The number of aromatic amines is 1. The molecule has 0 saturated heterocycles. The minimum atomic E-state index is -4.49. The molecular weight excluding hydrogens is 662 g/mol. The third-order valence-electron chi connectivity index (χ3n) is 6.98. The van der Waals surface area contributed by atoms with Crippen LogP contribution in [0.3, 0.4) is 0 Å². The molecule has 0 amide bonds. The highest BCUT2D eigenvalue weighted by Gasteiger charge is 2.35. The van der Waals surface area contributed by atoms with Crippen molar-refractivity contribution in [2.24, 2.45) is 16.7 Å². The number of amidine groups is 1. The van der Waals surface area contributed by atoms with Gasteiger partial charge in [-0.3, -0.25) is 19.9 Å². The Morgan fingerprint density at radius 3 is 1.80 bits per heavy atom. The van der Waals surface area contributed by atoms with Gasteiger partial charge in [0, 0.05) is 58.9 Å². The fourth-order valence-electron chi connectivity index (χ4n) is 4.23. The van der Waals surface area contributed by atoms with Crippen LogP contribution in [0.5, 0.6) is 0 Å². The van der Waals surface area contributed by atoms with Crippen LogP contribution in [0.15, 0.2) is 90.6 Å². The van der Waals surface area contributed by atoms with E-state index < -0.39 is 29.3 Å². The topological polar surface area (TPSA) is 149 Å². The summed E-state index contributed by atoms with van der Waals surface area (Å²) in [5, 5.41) is 9.59. The number of nitrogens with two attached hydrogens (primary N) is 2. The lowest BCUT2D eigenvalue weighted by Gasteiger charge is -2.10. The number of nitrogens with one attached hydrogen (secondary N) is 1. The maximum Gasteiger partial charge on any atom is 0.417 e. The number of rotatable bonds is 6. The molecule has 0 spiro atoms. The number of hydrazone groups is 1. The Labute approximate surface area is 298 Å². The second-order valence-corrected chi connectivity index (χ2v) is 11.1. The molecule has 0 fully saturated rings. The Hall–Kier alpha value is -5.60. The van der Waals surface area contributed by atoms with Gasteiger partial charge in [-0.1, -0.05) is 83.7 Å². The minimum absolute atomic E-state index is 0. The fourth-order valence-corrected chi connectivity index (χ4v) is 4.23. The number of halogens is 6. The van der Waals surface area contributed by atoms with Crippen LogP contribution in [-0.2, 0) is 12.4 Å². The first-order chi connectivity index (χ1) is 27.1. The number of H-pyrrole nitrogens is 1. The summed E-state index contributed by atoms with van der Waals surface area (Å²) in [6, 6.07) is 17.1. The van der Waals surface area contributed by atoms with Crippen LogP contribution in [0.1, 0.15) is 97.0 Å². The summed E-state index contributed by atoms with van der Waals surface area (Å²) < 4.78 is 116. The van der Waals surface area contributed by atoms with E-state index in [0.29, 0.717) is 17.7 Å². The molecule has 3 aromatic heterocycles. The number of alkyl halides is 6. The molecule has 50 heavy (non-hydrogen) atoms. The molecule has 0 aliphatic rings. The summed E-state index contributed by atoms with van der Waals surface area (Å²) in [7, 11) is 0. The Balaban J connectivity index is -0.000000764. The molecule has 3 heterocycles. The van der Waals surface area contributed by atoms with Gasteiger partial charge in [0.1, 0.15) is 6.29 Å². The van der Waals surface area contributed by atoms with E-state index in [4.69, 9.17) is 23.5 Å². The molecular formula is C35H46F6N8O. The predicted octanol–water partition coefficient (Wildman–Crippen LogP) is 9.60. The lowest BCUT2D eigenvalue weighted by molar-refractivity contribution is -0.138. The van der Waals surface area contributed by atoms with E-state index in [1.807, 2.05) is 48.5 Å². The van der Waals surface area contributed by atoms with Crippen LogP contribution in [0.4, 0.5) is 26.3 Å². The van der Waals surface area contributed by atoms with Crippen molar-refractivity contribution in [2.75, 3.05) is 0 Å². The zero-order valence-electron chi connectivity index (χ0n) is 34.9. The molecule has 15 heteroatoms. The number of carbonyl (C=O) groups is 1. The molecule has 0 saturated carbocycles. The number of aldehydes is 1. The van der Waals surface area contributed by atoms with E-state index in [-0.39, 0.29) is 24.4 Å². The highest BCUT2D eigenvalue weighted by Crippen LogP contribution is 2.36. The van der Waals surface area contributed by atoms with Gasteiger partial charge in [-0.05, 0) is 35.1 Å². The summed E-state index contributed by atoms with van der Waals surface area (Å²) in [4.78, 5) is 21.8. The van der Waals surface area contributed by atoms with Gasteiger partial charge in [0.15, 0.2) is 17.5 Å². The molecule has 0 aliphatic carbocycles. The summed E-state index contributed by atoms with van der Waals surface area (Å²) >= 11 is 0. The van der Waals surface area contributed by atoms with E-state index in [0.717, 1.165) is 54.3 Å². The number of hydrogen-bond donors (Lipinski definition) is 3. The Kier molecular flexibility index (Phi) is 12.1. The van der Waals surface area contributed by atoms with Gasteiger partial charge in [-0.15, -0.1) is 0 Å². The predicted molar refractivity (Wildman–Crippen MR) is 189 cm³/mol. The fraction of sp³-hybridized carbons (Fsp3) is 0.257. The van der Waals surface area contributed by atoms with Gasteiger partial charge in [-0.2, -0.15) is 36.5 Å². The third-order valence-corrected chi connectivity index (χ3v) is 6.98. The van der Waals surface area contributed by atoms with Crippen molar-refractivity contribution in [1.82, 2.24) is 25.1 Å². The van der Waals surface area contributed by atoms with Crippen molar-refractivity contribution in [1.29, 1.82) is 0 Å². The molecule has 2 aromatic carbocycles. The van der Waals surface area contributed by atoms with Crippen molar-refractivity contribution in [3.63, 3.8) is 0 Å². The molecule has 5 rings (SSSR count). The molecule has 0 radical (unpaired) electrons. The molecule has 274 valence electrons. The molecule has 5 N–H and O–H groups in total. The number of nitrogens with zero attached hydrogens (tertiary/aromatic N) is 5. The van der Waals surface area contributed by atoms with E-state index in [9.17, 15) is 31.1 Å². The number of benzene rings is 2. The average molecular weight is 725 g/mol. The Morgan fingerprint density at radius 2 is 1.32 bits per heavy atom. The number of aromatic nitrogens is 5. The van der Waals surface area contributed by atoms with E-state index in [1.54, 1.807) is 0 Å². The number of pyridine rings is 2. The molecule has 5 aromatic rings. The van der Waals surface area contributed by atoms with Crippen LogP contribution in [0, 0.1) is 0 Å². The average Bonchev–Trinajstić information content (AvgIpc) is 3.74. The summed E-state index contributed by atoms with van der Waals surface area (Å²) in [5.74, 6) is 5.70. The third kappa shape index (κ3) is 11.0. The highest BCUT2D eigenvalue weighted by molar-refractivity contribution is 5.98. The number of carbonyl (C=O) groups excluding carboxylic acids is 1. The maximum absolute atomic E-state index is 13.1. The summed E-state index contributed by atoms with van der Waals surface area (Å²) in [5.41, 5.74) is 6.96. The lowest BCUT2D eigenvalue weighted by Crippen LogP contribution is -2.21. The molecule has 0 unspecified atom stereocenters. The maximum atomic E-state index is 13.1. The van der Waals surface area contributed by atoms with E-state index >= 15 is 0 Å². The molecule has 0 aliphatic heterocycles. The van der Waals surface area contributed by atoms with Gasteiger partial charge in [0.05, 0.1) is 11.1 Å². The second kappa shape index (κ2) is 17.7. The van der Waals surface area contributed by atoms with Crippen LogP contribution < -0.4 is 11.6 Å². The van der Waals surface area contributed by atoms with Crippen LogP contribution in [0.2, 0.25) is 0 Å². The first kappa shape index (κ1) is 34.3. The number of hydrogen-bond acceptors (Lipinski definition) is 7. The second-order valence-electron chi connectivity index (χ2n) is 11.1. The Bertz CT molecular complexity index is 1870. The van der Waals surface area contributed by atoms with Gasteiger partial charge < -0.3 is 11.6 Å². The Morgan fingerprint density at radius 1 is 0.820 bits per heavy atom. The van der Waals surface area contributed by atoms with Gasteiger partial charge >= 0.3 is 12.4 Å². The molecule has 0 atom stereocenters. The van der Waals surface area contributed by atoms with Crippen molar-refractivity contribution >= 4 is 12.1 Å². The zero-order valence-corrected chi connectivity index (χ0v) is 26.9. The first-order valence-electron chi connectivity index (χ1n) is 18.7. The standard InChI is InChI=1S/C17H15F3N4.C10H12O.C7H7F3N4.CH4.4H2/c1-10(2)11-3-5-12(6-4-11)15-22-16(24-23-15)13-9-21-8-7-14(13)17(18,19)20;1-8(2)10-5-3-9(7-11)4-6-10;8-7(9,10)5-1-2-13-3-4(5)6(11)14-12;;;;;/h3-10H,1-2H3,(H,22,23,24);3-8H,1-2H3;1-3H,12H2,(H2,11,14);1H4;4*1H/i;;;;4*1+2T. The quantitative estimate of drug-likeness (QED) is 0.0394. The van der Waals surface area contributed by atoms with Crippen molar-refractivity contribution in [3.8, 4) is 22.8 Å². The van der Waals surface area contributed by atoms with E-state index in [2.05, 4.69) is 57.9 Å². The van der Waals surface area contributed by atoms with Crippen molar-refractivity contribution in [3.05, 3.63) is 119 Å². The van der Waals surface area contributed by atoms with Crippen molar-refractivity contribution in [2.45, 2.75) is 59.3 Å². The van der Waals surface area contributed by atoms with Gasteiger partial charge in [0.2, 0.25) is 0 Å². The monoisotopic (exact) mass is 724 g/mol. The highest BCUT2D eigenvalue weighted by atomic mass is 19.4. The summed E-state index contributed by atoms with van der Waals surface area (Å²) in [6.07, 6.45) is -3.88. The van der Waals surface area contributed by atoms with Crippen LogP contribution >= 0.6 is 0 Å².